The van der Waals surface area contributed by atoms with Crippen LogP contribution < -0.4 is 19.9 Å². The van der Waals surface area contributed by atoms with E-state index in [4.69, 9.17) is 4.74 Å². The molecule has 3 aromatic rings. The highest BCUT2D eigenvalue weighted by Crippen LogP contribution is 2.47. The van der Waals surface area contributed by atoms with Crippen molar-refractivity contribution in [3.63, 3.8) is 0 Å². The van der Waals surface area contributed by atoms with Crippen molar-refractivity contribution in [2.45, 2.75) is 24.7 Å². The van der Waals surface area contributed by atoms with Crippen molar-refractivity contribution < 1.29 is 19.1 Å². The van der Waals surface area contributed by atoms with E-state index in [0.717, 1.165) is 50.7 Å². The van der Waals surface area contributed by atoms with Gasteiger partial charge in [-0.15, -0.1) is 0 Å². The Kier molecular flexibility index (Phi) is 6.52. The van der Waals surface area contributed by atoms with Crippen molar-refractivity contribution in [3.8, 4) is 5.75 Å². The van der Waals surface area contributed by atoms with Crippen molar-refractivity contribution in [1.82, 2.24) is 5.32 Å². The van der Waals surface area contributed by atoms with Crippen LogP contribution in [0.1, 0.15) is 19.8 Å². The first-order valence-corrected chi connectivity index (χ1v) is 12.6. The quantitative estimate of drug-likeness (QED) is 0.351. The van der Waals surface area contributed by atoms with Crippen molar-refractivity contribution in [3.05, 3.63) is 83.4 Å². The first-order chi connectivity index (χ1) is 17.5. The smallest absolute Gasteiger partial charge is 0.335 e. The molecule has 0 saturated carbocycles. The number of carbonyl (C=O) groups excluding carboxylic acids is 3. The fraction of sp³-hybridized carbons (Fsp3) is 0.179. The number of methoxy groups -OCH3 is 1. The maximum absolute atomic E-state index is 13.3. The Labute approximate surface area is 213 Å². The molecule has 0 radical (unpaired) electrons. The number of urea groups is 1. The Morgan fingerprint density at radius 3 is 2.50 bits per heavy atom. The molecule has 5 rings (SSSR count). The minimum absolute atomic E-state index is 0.109. The van der Waals surface area contributed by atoms with Crippen LogP contribution in [-0.2, 0) is 9.59 Å². The molecule has 0 aromatic heterocycles. The number of hydrogen-bond acceptors (Lipinski definition) is 6. The van der Waals surface area contributed by atoms with Gasteiger partial charge in [0.15, 0.2) is 0 Å². The Morgan fingerprint density at radius 2 is 1.75 bits per heavy atom. The molecule has 2 aliphatic heterocycles. The fourth-order valence-electron chi connectivity index (χ4n) is 4.27. The molecule has 0 atom stereocenters. The number of fused-ring (bicyclic) bond motifs is 2. The molecule has 36 heavy (non-hydrogen) atoms. The van der Waals surface area contributed by atoms with Gasteiger partial charge in [-0.05, 0) is 53.6 Å². The number of rotatable bonds is 6. The predicted molar refractivity (Wildman–Crippen MR) is 142 cm³/mol. The van der Waals surface area contributed by atoms with Gasteiger partial charge in [0.05, 0.1) is 23.5 Å². The van der Waals surface area contributed by atoms with Crippen LogP contribution in [0.3, 0.4) is 0 Å². The number of barbiturate groups is 1. The Morgan fingerprint density at radius 1 is 0.972 bits per heavy atom. The van der Waals surface area contributed by atoms with Crippen LogP contribution in [0.25, 0.3) is 10.8 Å². The summed E-state index contributed by atoms with van der Waals surface area (Å²) in [5.74, 6) is -0.899. The number of nitrogens with one attached hydrogen (secondary N) is 1. The molecule has 8 heteroatoms. The molecule has 2 aliphatic rings. The van der Waals surface area contributed by atoms with Gasteiger partial charge in [-0.25, -0.2) is 9.69 Å². The van der Waals surface area contributed by atoms with Crippen LogP contribution in [0.15, 0.2) is 88.3 Å². The average molecular weight is 500 g/mol. The summed E-state index contributed by atoms with van der Waals surface area (Å²) in [6.45, 7) is 2.96. The van der Waals surface area contributed by atoms with E-state index in [1.165, 1.54) is 13.2 Å². The van der Waals surface area contributed by atoms with Gasteiger partial charge in [0.25, 0.3) is 11.8 Å². The van der Waals surface area contributed by atoms with Gasteiger partial charge in [-0.2, -0.15) is 0 Å². The Bertz CT molecular complexity index is 1450. The zero-order chi connectivity index (χ0) is 25.2. The lowest BCUT2D eigenvalue weighted by Gasteiger charge is -2.26. The normalized spacial score (nSPS) is 17.8. The summed E-state index contributed by atoms with van der Waals surface area (Å²) < 4.78 is 5.21. The van der Waals surface area contributed by atoms with E-state index in [1.54, 1.807) is 42.1 Å². The fourth-order valence-corrected chi connectivity index (χ4v) is 5.39. The Balaban J connectivity index is 1.50. The zero-order valence-electron chi connectivity index (χ0n) is 20.0. The number of thioether (sulfide) groups is 1. The van der Waals surface area contributed by atoms with Crippen LogP contribution in [-0.4, -0.2) is 31.5 Å². The molecule has 0 bridgehead atoms. The van der Waals surface area contributed by atoms with Crippen molar-refractivity contribution in [2.75, 3.05) is 23.5 Å². The summed E-state index contributed by atoms with van der Waals surface area (Å²) in [6, 6.07) is 18.4. The molecule has 182 valence electrons. The number of anilines is 2. The lowest BCUT2D eigenvalue weighted by atomic mass is 10.1. The molecule has 3 aromatic carbocycles. The summed E-state index contributed by atoms with van der Waals surface area (Å²) in [5, 5.41) is 5.52. The molecule has 0 aliphatic carbocycles. The zero-order valence-corrected chi connectivity index (χ0v) is 20.8. The van der Waals surface area contributed by atoms with E-state index in [0.29, 0.717) is 11.4 Å². The van der Waals surface area contributed by atoms with Crippen molar-refractivity contribution in [1.29, 1.82) is 0 Å². The maximum atomic E-state index is 13.3. The summed E-state index contributed by atoms with van der Waals surface area (Å²) >= 11 is 1.61. The van der Waals surface area contributed by atoms with E-state index in [1.807, 2.05) is 12.1 Å². The number of allylic oxidation sites excluding steroid dienone is 2. The topological polar surface area (TPSA) is 79.0 Å². The van der Waals surface area contributed by atoms with E-state index >= 15 is 0 Å². The highest BCUT2D eigenvalue weighted by Gasteiger charge is 2.37. The third-order valence-corrected chi connectivity index (χ3v) is 7.25. The first-order valence-electron chi connectivity index (χ1n) is 11.7. The predicted octanol–water partition coefficient (Wildman–Crippen LogP) is 5.61. The highest BCUT2D eigenvalue weighted by molar-refractivity contribution is 8.03. The molecule has 0 spiro atoms. The van der Waals surface area contributed by atoms with E-state index < -0.39 is 17.8 Å². The van der Waals surface area contributed by atoms with Crippen LogP contribution in [0.5, 0.6) is 5.75 Å². The third kappa shape index (κ3) is 4.35. The molecular formula is C28H25N3O4S. The molecule has 7 nitrogen and oxygen atoms in total. The second kappa shape index (κ2) is 9.91. The highest BCUT2D eigenvalue weighted by atomic mass is 32.2. The monoisotopic (exact) mass is 499 g/mol. The number of imide groups is 2. The SMILES string of the molecule is CCCCN1/C(=C/C=C2\C(=O)NC(=O)N(c3cccc(OC)c3)C2=O)Sc2cc3ccccc3cc21. The number of unbranched alkanes of at least 4 members (excludes halogenated alkanes) is 1. The van der Waals surface area contributed by atoms with Crippen LogP contribution in [0.4, 0.5) is 16.2 Å². The molecule has 4 amide bonds. The van der Waals surface area contributed by atoms with Gasteiger partial charge < -0.3 is 9.64 Å². The minimum Gasteiger partial charge on any atom is -0.497 e. The molecule has 0 unspecified atom stereocenters. The molecule has 2 heterocycles. The number of hydrogen-bond donors (Lipinski definition) is 1. The number of carbonyl (C=O) groups is 3. The van der Waals surface area contributed by atoms with Gasteiger partial charge in [0.2, 0.25) is 0 Å². The van der Waals surface area contributed by atoms with Crippen LogP contribution in [0, 0.1) is 0 Å². The Hall–Kier alpha value is -4.04. The number of ether oxygens (including phenoxy) is 1. The van der Waals surface area contributed by atoms with Gasteiger partial charge in [-0.3, -0.25) is 14.9 Å². The van der Waals surface area contributed by atoms with Crippen molar-refractivity contribution in [2.24, 2.45) is 0 Å². The summed E-state index contributed by atoms with van der Waals surface area (Å²) in [6.07, 6.45) is 5.33. The van der Waals surface area contributed by atoms with E-state index in [9.17, 15) is 14.4 Å². The van der Waals surface area contributed by atoms with Gasteiger partial charge >= 0.3 is 6.03 Å². The standard InChI is InChI=1S/C28H25N3O4S/c1-3-4-14-30-23-15-18-8-5-6-9-19(18)16-24(23)36-25(30)13-12-22-26(32)29-28(34)31(27(22)33)20-10-7-11-21(17-20)35-2/h5-13,15-17H,3-4,14H2,1-2H3,(H,29,32,34)/b22-12+,25-13-. The minimum atomic E-state index is -0.790. The maximum Gasteiger partial charge on any atom is 0.335 e. The average Bonchev–Trinajstić information content (AvgIpc) is 3.21. The summed E-state index contributed by atoms with van der Waals surface area (Å²) in [4.78, 5) is 42.7. The first kappa shape index (κ1) is 23.7. The molecule has 1 N–H and O–H groups in total. The van der Waals surface area contributed by atoms with Crippen LogP contribution in [0.2, 0.25) is 0 Å². The second-order valence-corrected chi connectivity index (χ2v) is 9.52. The van der Waals surface area contributed by atoms with E-state index in [2.05, 4.69) is 41.4 Å². The third-order valence-electron chi connectivity index (χ3n) is 6.14. The lowest BCUT2D eigenvalue weighted by Crippen LogP contribution is -2.54. The summed E-state index contributed by atoms with van der Waals surface area (Å²) in [7, 11) is 1.50. The van der Waals surface area contributed by atoms with Gasteiger partial charge in [-0.1, -0.05) is 55.4 Å². The number of benzene rings is 3. The second-order valence-electron chi connectivity index (χ2n) is 8.46. The lowest BCUT2D eigenvalue weighted by molar-refractivity contribution is -0.122. The molecule has 1 saturated heterocycles. The summed E-state index contributed by atoms with van der Waals surface area (Å²) in [5.41, 5.74) is 1.33. The number of amides is 4. The molecule has 1 fully saturated rings. The van der Waals surface area contributed by atoms with Crippen LogP contribution >= 0.6 is 11.8 Å². The van der Waals surface area contributed by atoms with Crippen molar-refractivity contribution >= 4 is 51.8 Å². The van der Waals surface area contributed by atoms with E-state index in [-0.39, 0.29) is 5.57 Å². The number of nitrogens with zero attached hydrogens (tertiary/aromatic N) is 2. The van der Waals surface area contributed by atoms with Gasteiger partial charge in [0.1, 0.15) is 11.3 Å². The largest absolute Gasteiger partial charge is 0.497 e. The van der Waals surface area contributed by atoms with Gasteiger partial charge in [0, 0.05) is 17.5 Å². The molecular weight excluding hydrogens is 474 g/mol.